The van der Waals surface area contributed by atoms with Crippen molar-refractivity contribution < 1.29 is 116 Å². The summed E-state index contributed by atoms with van der Waals surface area (Å²) < 4.78 is 4.79. The van der Waals surface area contributed by atoms with Crippen molar-refractivity contribution in [3.63, 3.8) is 0 Å². The largest absolute Gasteiger partial charge is 1.00 e. The van der Waals surface area contributed by atoms with Gasteiger partial charge in [0.2, 0.25) is 0 Å². The van der Waals surface area contributed by atoms with Gasteiger partial charge < -0.3 is 13.7 Å². The maximum absolute atomic E-state index is 10.9. The van der Waals surface area contributed by atoms with Crippen molar-refractivity contribution in [1.29, 1.82) is 0 Å². The Labute approximate surface area is 156 Å². The Hall–Kier alpha value is 3.59. The average Bonchev–Trinajstić information content (AvgIpc) is 1.14. The van der Waals surface area contributed by atoms with Crippen LogP contribution in [0.4, 0.5) is 0 Å². The monoisotopic (exact) mass is 242 g/mol. The van der Waals surface area contributed by atoms with Crippen molar-refractivity contribution in [2.75, 3.05) is 0 Å². The normalized spacial score (nSPS) is 11.5. The van der Waals surface area contributed by atoms with Crippen LogP contribution >= 0.6 is 0 Å². The van der Waals surface area contributed by atoms with Crippen molar-refractivity contribution in [2.45, 2.75) is 26.2 Å². The van der Waals surface area contributed by atoms with Gasteiger partial charge in [-0.25, -0.2) is 0 Å². The summed E-state index contributed by atoms with van der Waals surface area (Å²) in [4.78, 5) is 21.7. The minimum atomic E-state index is -2.79. The van der Waals surface area contributed by atoms with Crippen molar-refractivity contribution in [3.8, 4) is 0 Å². The Morgan fingerprint density at radius 2 is 1.00 bits per heavy atom. The topological polar surface area (TPSA) is 55.3 Å². The number of rotatable bonds is 2. The van der Waals surface area contributed by atoms with E-state index in [-0.39, 0.29) is 103 Å². The molecule has 0 aromatic rings. The maximum Gasteiger partial charge on any atom is 1.00 e. The molecule has 0 aliphatic rings. The van der Waals surface area contributed by atoms with Crippen LogP contribution in [0.5, 0.6) is 0 Å². The zero-order valence-corrected chi connectivity index (χ0v) is 16.5. The molecule has 0 aliphatic heterocycles. The molecule has 0 heterocycles. The molecule has 0 unspecified atom stereocenters. The zero-order chi connectivity index (χ0) is 7.71. The first-order valence-electron chi connectivity index (χ1n) is 2.82. The van der Waals surface area contributed by atoms with Gasteiger partial charge in [0, 0.05) is 0 Å². The van der Waals surface area contributed by atoms with Gasteiger partial charge in [0.15, 0.2) is 0 Å². The minimum absolute atomic E-state index is 0. The van der Waals surface area contributed by atoms with Crippen LogP contribution in [-0.2, 0) is 4.12 Å². The first-order valence-corrected chi connectivity index (χ1v) is 8.45. The van der Waals surface area contributed by atoms with Crippen LogP contribution in [0.1, 0.15) is 0 Å². The summed E-state index contributed by atoms with van der Waals surface area (Å²) in [6.07, 6.45) is 0. The van der Waals surface area contributed by atoms with E-state index in [0.29, 0.717) is 0 Å². The summed E-state index contributed by atoms with van der Waals surface area (Å²) in [5.74, 6) is 0. The Morgan fingerprint density at radius 3 is 1.00 bits per heavy atom. The fourth-order valence-electron chi connectivity index (χ4n) is 0.592. The van der Waals surface area contributed by atoms with Crippen LogP contribution in [0.2, 0.25) is 26.2 Å². The second-order valence-electron chi connectivity index (χ2n) is 2.90. The van der Waals surface area contributed by atoms with E-state index >= 15 is 0 Å². The molecule has 0 N–H and O–H groups in total. The van der Waals surface area contributed by atoms with Crippen LogP contribution < -0.4 is 112 Å². The van der Waals surface area contributed by atoms with Crippen molar-refractivity contribution >= 4 is 17.1 Å². The van der Waals surface area contributed by atoms with E-state index < -0.39 is 17.1 Å². The smallest absolute Gasteiger partial charge is 0.839 e. The summed E-state index contributed by atoms with van der Waals surface area (Å²) in [7, 11) is -5.59. The third kappa shape index (κ3) is 19.8. The summed E-state index contributed by atoms with van der Waals surface area (Å²) in [6, 6.07) is 0. The number of hydrogen-bond donors (Lipinski definition) is 0. The molecule has 0 spiro atoms. The van der Waals surface area contributed by atoms with Crippen LogP contribution in [0.15, 0.2) is 0 Å². The SMILES string of the molecule is C[Si](C)([O-])O[Si](C)(C)[O-].[K+].[K+]. The predicted molar refractivity (Wildman–Crippen MR) is 36.0 cm³/mol. The second-order valence-corrected chi connectivity index (χ2v) is 9.32. The van der Waals surface area contributed by atoms with Crippen LogP contribution in [-0.4, -0.2) is 17.1 Å². The summed E-state index contributed by atoms with van der Waals surface area (Å²) in [5, 5.41) is 0. The van der Waals surface area contributed by atoms with E-state index in [2.05, 4.69) is 0 Å². The number of hydrogen-bond acceptors (Lipinski definition) is 3. The predicted octanol–water partition coefficient (Wildman–Crippen LogP) is -6.86. The van der Waals surface area contributed by atoms with Gasteiger partial charge >= 0.3 is 103 Å². The molecule has 0 aromatic heterocycles. The molecular weight excluding hydrogens is 230 g/mol. The van der Waals surface area contributed by atoms with Gasteiger partial charge in [0.1, 0.15) is 0 Å². The molecule has 0 rings (SSSR count). The van der Waals surface area contributed by atoms with E-state index in [4.69, 9.17) is 4.12 Å². The van der Waals surface area contributed by atoms with Crippen molar-refractivity contribution in [3.05, 3.63) is 0 Å². The van der Waals surface area contributed by atoms with Gasteiger partial charge in [-0.15, -0.1) is 0 Å². The molecule has 0 amide bonds. The molecule has 0 aromatic carbocycles. The molecule has 3 nitrogen and oxygen atoms in total. The molecule has 0 bridgehead atoms. The molecule has 0 radical (unpaired) electrons. The van der Waals surface area contributed by atoms with Gasteiger partial charge in [-0.2, -0.15) is 0 Å². The summed E-state index contributed by atoms with van der Waals surface area (Å²) >= 11 is 0. The molecule has 0 fully saturated rings. The van der Waals surface area contributed by atoms with E-state index in [1.165, 1.54) is 26.2 Å². The summed E-state index contributed by atoms with van der Waals surface area (Å²) in [6.45, 7) is 5.94. The standard InChI is InChI=1S/C4H12O3Si2.2K/c1-8(2,5)7-9(3,4)6;;/h1-4H3;;/q-2;2*+1. The Bertz CT molecular complexity index is 86.5. The third-order valence-corrected chi connectivity index (χ3v) is 4.42. The first kappa shape index (κ1) is 20.1. The minimum Gasteiger partial charge on any atom is -0.839 e. The van der Waals surface area contributed by atoms with Crippen LogP contribution in [0.3, 0.4) is 0 Å². The third-order valence-electron chi connectivity index (χ3n) is 0.492. The van der Waals surface area contributed by atoms with Gasteiger partial charge in [-0.1, -0.05) is 26.2 Å². The van der Waals surface area contributed by atoms with Gasteiger partial charge in [-0.05, 0) is 0 Å². The van der Waals surface area contributed by atoms with E-state index in [1.807, 2.05) is 0 Å². The molecule has 0 saturated carbocycles. The molecule has 0 atom stereocenters. The van der Waals surface area contributed by atoms with E-state index in [1.54, 1.807) is 0 Å². The first-order chi connectivity index (χ1) is 3.71. The van der Waals surface area contributed by atoms with Gasteiger partial charge in [0.25, 0.3) is 0 Å². The maximum atomic E-state index is 10.9. The Balaban J connectivity index is -0.000000320. The Kier molecular flexibility index (Phi) is 14.3. The van der Waals surface area contributed by atoms with E-state index in [9.17, 15) is 9.59 Å². The zero-order valence-electron chi connectivity index (χ0n) is 8.22. The van der Waals surface area contributed by atoms with Crippen LogP contribution in [0, 0.1) is 0 Å². The average molecular weight is 243 g/mol. The van der Waals surface area contributed by atoms with Gasteiger partial charge in [-0.3, -0.25) is 0 Å². The molecular formula is C4H12K2O3Si2. The second kappa shape index (κ2) is 7.82. The fourth-order valence-corrected chi connectivity index (χ4v) is 5.33. The fraction of sp³-hybridized carbons (Fsp3) is 1.00. The molecule has 56 valence electrons. The van der Waals surface area contributed by atoms with Crippen molar-refractivity contribution in [2.24, 2.45) is 0 Å². The summed E-state index contributed by atoms with van der Waals surface area (Å²) in [5.41, 5.74) is 0. The molecule has 0 saturated heterocycles. The van der Waals surface area contributed by atoms with Gasteiger partial charge in [0.05, 0.1) is 17.1 Å². The molecule has 7 heteroatoms. The molecule has 11 heavy (non-hydrogen) atoms. The molecule has 0 aliphatic carbocycles. The Morgan fingerprint density at radius 1 is 0.818 bits per heavy atom. The van der Waals surface area contributed by atoms with E-state index in [0.717, 1.165) is 0 Å². The van der Waals surface area contributed by atoms with Crippen LogP contribution in [0.25, 0.3) is 0 Å². The van der Waals surface area contributed by atoms with Crippen molar-refractivity contribution in [1.82, 2.24) is 0 Å². The quantitative estimate of drug-likeness (QED) is 0.452.